The second kappa shape index (κ2) is 8.45. The molecule has 1 N–H and O–H groups in total. The van der Waals surface area contributed by atoms with Gasteiger partial charge in [-0.25, -0.2) is 0 Å². The lowest BCUT2D eigenvalue weighted by Crippen LogP contribution is -2.59. The molecule has 0 aromatic carbocycles. The minimum Gasteiger partial charge on any atom is -0.380 e. The zero-order valence-corrected chi connectivity index (χ0v) is 21.1. The molecule has 0 saturated heterocycles. The molecular weight excluding hydrogens is 409 g/mol. The van der Waals surface area contributed by atoms with Gasteiger partial charge in [0.15, 0.2) is 5.60 Å². The third-order valence-electron chi connectivity index (χ3n) is 11.5. The fraction of sp³-hybridized carbons (Fsp3) is 1.00. The zero-order chi connectivity index (χ0) is 23.5. The number of alkyl halides is 3. The molecule has 4 heteroatoms. The quantitative estimate of drug-likeness (QED) is 0.440. The van der Waals surface area contributed by atoms with Crippen molar-refractivity contribution >= 4 is 0 Å². The van der Waals surface area contributed by atoms with Gasteiger partial charge in [0.1, 0.15) is 0 Å². The van der Waals surface area contributed by atoms with E-state index in [1.165, 1.54) is 44.9 Å². The molecule has 9 atom stereocenters. The van der Waals surface area contributed by atoms with E-state index in [9.17, 15) is 18.3 Å². The molecule has 4 aliphatic carbocycles. The molecule has 4 rings (SSSR count). The van der Waals surface area contributed by atoms with Gasteiger partial charge in [0, 0.05) is 0 Å². The molecular formula is C28H47F3O. The van der Waals surface area contributed by atoms with E-state index in [1.54, 1.807) is 0 Å². The minimum absolute atomic E-state index is 0.0145. The van der Waals surface area contributed by atoms with Crippen LogP contribution in [0.3, 0.4) is 0 Å². The van der Waals surface area contributed by atoms with E-state index in [0.29, 0.717) is 23.7 Å². The maximum atomic E-state index is 13.6. The number of hydrogen-bond acceptors (Lipinski definition) is 1. The van der Waals surface area contributed by atoms with Crippen LogP contribution in [0.2, 0.25) is 0 Å². The van der Waals surface area contributed by atoms with Crippen LogP contribution in [0.5, 0.6) is 0 Å². The molecule has 32 heavy (non-hydrogen) atoms. The summed E-state index contributed by atoms with van der Waals surface area (Å²) in [6, 6.07) is 0. The van der Waals surface area contributed by atoms with E-state index < -0.39 is 11.8 Å². The van der Waals surface area contributed by atoms with Crippen molar-refractivity contribution < 1.29 is 18.3 Å². The summed E-state index contributed by atoms with van der Waals surface area (Å²) in [5.41, 5.74) is -2.07. The minimum atomic E-state index is -4.50. The third-order valence-corrected chi connectivity index (χ3v) is 11.5. The van der Waals surface area contributed by atoms with Crippen molar-refractivity contribution in [2.45, 2.75) is 123 Å². The summed E-state index contributed by atoms with van der Waals surface area (Å²) in [7, 11) is 0. The predicted octanol–water partition coefficient (Wildman–Crippen LogP) is 8.40. The first-order chi connectivity index (χ1) is 14.8. The molecule has 186 valence electrons. The molecule has 1 nitrogen and oxygen atoms in total. The van der Waals surface area contributed by atoms with Crippen molar-refractivity contribution in [2.24, 2.45) is 52.3 Å². The maximum Gasteiger partial charge on any atom is 0.417 e. The lowest BCUT2D eigenvalue weighted by molar-refractivity contribution is -0.290. The van der Waals surface area contributed by atoms with Crippen LogP contribution in [0.4, 0.5) is 13.2 Å². The van der Waals surface area contributed by atoms with Crippen LogP contribution >= 0.6 is 0 Å². The molecule has 0 spiro atoms. The van der Waals surface area contributed by atoms with E-state index in [4.69, 9.17) is 0 Å². The molecule has 0 radical (unpaired) electrons. The van der Waals surface area contributed by atoms with Crippen LogP contribution in [-0.4, -0.2) is 16.9 Å². The molecule has 0 aromatic rings. The molecule has 0 heterocycles. The number of fused-ring (bicyclic) bond motifs is 5. The van der Waals surface area contributed by atoms with Crippen molar-refractivity contribution in [2.75, 3.05) is 0 Å². The fourth-order valence-corrected chi connectivity index (χ4v) is 9.53. The number of rotatable bonds is 5. The SMILES string of the molecule is CC(C)CCC[C@@H](C)[C@H]1CC[C@H]2[C@@H]3CC[C@H]4C[C@@](O)(C(F)(F)F)CC[C@]4(C)[C@H]3CC[C@]12C. The summed E-state index contributed by atoms with van der Waals surface area (Å²) in [6.45, 7) is 12.0. The smallest absolute Gasteiger partial charge is 0.380 e. The topological polar surface area (TPSA) is 20.2 Å². The average Bonchev–Trinajstić information content (AvgIpc) is 3.04. The molecule has 4 saturated carbocycles. The normalized spacial score (nSPS) is 47.6. The first-order valence-electron chi connectivity index (χ1n) is 13.6. The Labute approximate surface area is 194 Å². The number of aliphatic hydroxyl groups is 1. The van der Waals surface area contributed by atoms with Gasteiger partial charge in [-0.3, -0.25) is 0 Å². The van der Waals surface area contributed by atoms with Gasteiger partial charge in [-0.2, -0.15) is 13.2 Å². The molecule has 4 aliphatic rings. The highest BCUT2D eigenvalue weighted by atomic mass is 19.4. The van der Waals surface area contributed by atoms with E-state index in [1.807, 2.05) is 0 Å². The van der Waals surface area contributed by atoms with E-state index >= 15 is 0 Å². The molecule has 4 fully saturated rings. The zero-order valence-electron chi connectivity index (χ0n) is 21.1. The van der Waals surface area contributed by atoms with Crippen molar-refractivity contribution in [3.8, 4) is 0 Å². The van der Waals surface area contributed by atoms with Crippen LogP contribution in [-0.2, 0) is 0 Å². The molecule has 0 aromatic heterocycles. The summed E-state index contributed by atoms with van der Waals surface area (Å²) >= 11 is 0. The molecule has 0 bridgehead atoms. The van der Waals surface area contributed by atoms with Crippen LogP contribution in [0.1, 0.15) is 112 Å². The summed E-state index contributed by atoms with van der Waals surface area (Å²) in [5, 5.41) is 10.4. The van der Waals surface area contributed by atoms with E-state index in [0.717, 1.165) is 36.5 Å². The van der Waals surface area contributed by atoms with Gasteiger partial charge in [-0.15, -0.1) is 0 Å². The maximum absolute atomic E-state index is 13.6. The summed E-state index contributed by atoms with van der Waals surface area (Å²) < 4.78 is 40.7. The molecule has 0 amide bonds. The highest BCUT2D eigenvalue weighted by Crippen LogP contribution is 2.69. The molecule has 0 aliphatic heterocycles. The summed E-state index contributed by atoms with van der Waals surface area (Å²) in [4.78, 5) is 0. The van der Waals surface area contributed by atoms with Crippen LogP contribution in [0.15, 0.2) is 0 Å². The van der Waals surface area contributed by atoms with Crippen LogP contribution < -0.4 is 0 Å². The summed E-state index contributed by atoms with van der Waals surface area (Å²) in [5.74, 6) is 4.37. The van der Waals surface area contributed by atoms with Gasteiger partial charge in [-0.05, 0) is 110 Å². The first kappa shape index (κ1) is 24.9. The summed E-state index contributed by atoms with van der Waals surface area (Å²) in [6.07, 6.45) is 6.92. The largest absolute Gasteiger partial charge is 0.417 e. The second-order valence-electron chi connectivity index (χ2n) is 13.4. The average molecular weight is 457 g/mol. The van der Waals surface area contributed by atoms with Crippen molar-refractivity contribution in [1.82, 2.24) is 0 Å². The number of halogens is 3. The fourth-order valence-electron chi connectivity index (χ4n) is 9.53. The van der Waals surface area contributed by atoms with Gasteiger partial charge in [0.2, 0.25) is 0 Å². The van der Waals surface area contributed by atoms with Gasteiger partial charge >= 0.3 is 6.18 Å². The van der Waals surface area contributed by atoms with Crippen LogP contribution in [0.25, 0.3) is 0 Å². The monoisotopic (exact) mass is 456 g/mol. The Morgan fingerprint density at radius 2 is 1.53 bits per heavy atom. The predicted molar refractivity (Wildman–Crippen MR) is 124 cm³/mol. The Bertz CT molecular complexity index is 674. The Morgan fingerprint density at radius 1 is 0.844 bits per heavy atom. The second-order valence-corrected chi connectivity index (χ2v) is 13.4. The Morgan fingerprint density at radius 3 is 2.19 bits per heavy atom. The van der Waals surface area contributed by atoms with Gasteiger partial charge in [-0.1, -0.05) is 53.9 Å². The Hall–Kier alpha value is -0.250. The van der Waals surface area contributed by atoms with Crippen LogP contribution in [0, 0.1) is 52.3 Å². The van der Waals surface area contributed by atoms with Crippen molar-refractivity contribution in [3.63, 3.8) is 0 Å². The van der Waals surface area contributed by atoms with E-state index in [-0.39, 0.29) is 24.2 Å². The molecule has 0 unspecified atom stereocenters. The Kier molecular flexibility index (Phi) is 6.57. The van der Waals surface area contributed by atoms with Gasteiger partial charge in [0.05, 0.1) is 0 Å². The highest BCUT2D eigenvalue weighted by Gasteiger charge is 2.65. The van der Waals surface area contributed by atoms with Gasteiger partial charge in [0.25, 0.3) is 0 Å². The Balaban J connectivity index is 1.47. The van der Waals surface area contributed by atoms with Crippen molar-refractivity contribution in [3.05, 3.63) is 0 Å². The highest BCUT2D eigenvalue weighted by molar-refractivity contribution is 5.11. The first-order valence-corrected chi connectivity index (χ1v) is 13.6. The van der Waals surface area contributed by atoms with Crippen molar-refractivity contribution in [1.29, 1.82) is 0 Å². The third kappa shape index (κ3) is 3.97. The number of hydrogen-bond donors (Lipinski definition) is 1. The lowest BCUT2D eigenvalue weighted by Gasteiger charge is -2.62. The van der Waals surface area contributed by atoms with Gasteiger partial charge < -0.3 is 5.11 Å². The van der Waals surface area contributed by atoms with E-state index in [2.05, 4.69) is 34.6 Å². The standard InChI is InChI=1S/C28H47F3O/c1-18(2)7-6-8-19(3)22-11-12-23-21-10-9-20-17-27(32,28(29,30)31)16-15-25(20,4)24(21)13-14-26(22,23)5/h18-24,32H,6-17H2,1-5H3/t19-,20+,21+,22-,23+,24+,25+,26-,27-/m1/s1. The lowest BCUT2D eigenvalue weighted by atomic mass is 9.43.